The summed E-state index contributed by atoms with van der Waals surface area (Å²) in [4.78, 5) is 4.04. The topological polar surface area (TPSA) is 118 Å². The van der Waals surface area contributed by atoms with Gasteiger partial charge in [0.25, 0.3) is 0 Å². The molecule has 3 rings (SSSR count). The molecule has 0 bridgehead atoms. The van der Waals surface area contributed by atoms with E-state index in [0.717, 1.165) is 11.2 Å². The quantitative estimate of drug-likeness (QED) is 0.272. The lowest BCUT2D eigenvalue weighted by atomic mass is 10.1. The van der Waals surface area contributed by atoms with Gasteiger partial charge in [-0.3, -0.25) is 15.1 Å². The number of aromatic nitrogens is 3. The molecule has 0 atom stereocenters. The maximum Gasteiger partial charge on any atom is 0.334 e. The highest BCUT2D eigenvalue weighted by molar-refractivity contribution is 5.90. The van der Waals surface area contributed by atoms with Crippen molar-refractivity contribution in [1.29, 1.82) is 0 Å². The van der Waals surface area contributed by atoms with Gasteiger partial charge in [-0.1, -0.05) is 12.1 Å². The molecule has 5 N–H and O–H groups in total. The fraction of sp³-hybridized carbons (Fsp3) is 0.235. The van der Waals surface area contributed by atoms with Gasteiger partial charge in [-0.15, -0.1) is 0 Å². The van der Waals surface area contributed by atoms with Gasteiger partial charge < -0.3 is 10.6 Å². The van der Waals surface area contributed by atoms with E-state index in [1.54, 1.807) is 31.2 Å². The molecule has 0 aliphatic carbocycles. The second-order valence-electron chi connectivity index (χ2n) is 5.94. The minimum absolute atomic E-state index is 0.0210. The average Bonchev–Trinajstić information content (AvgIpc) is 3.03. The van der Waals surface area contributed by atoms with E-state index in [2.05, 4.69) is 20.3 Å². The number of ether oxygens (including phenoxy) is 1. The lowest BCUT2D eigenvalue weighted by molar-refractivity contribution is 0.0581. The molecule has 0 unspecified atom stereocenters. The number of hydrazine groups is 1. The average molecular weight is 375 g/mol. The van der Waals surface area contributed by atoms with Crippen molar-refractivity contribution in [2.45, 2.75) is 19.4 Å². The van der Waals surface area contributed by atoms with Crippen LogP contribution in [0, 0.1) is 6.92 Å². The maximum atomic E-state index is 15.0. The fourth-order valence-electron chi connectivity index (χ4n) is 2.66. The number of alkyl halides is 2. The van der Waals surface area contributed by atoms with E-state index < -0.39 is 17.3 Å². The molecule has 0 spiro atoms. The minimum atomic E-state index is -3.55. The number of hydrogen-bond donors (Lipinski definition) is 3. The third-order valence-electron chi connectivity index (χ3n) is 4.12. The second-order valence-corrected chi connectivity index (χ2v) is 5.94. The summed E-state index contributed by atoms with van der Waals surface area (Å²) in [7, 11) is 1.54. The monoisotopic (exact) mass is 375 g/mol. The molecule has 0 aliphatic heterocycles. The first-order chi connectivity index (χ1) is 12.9. The number of aromatic amines is 1. The van der Waals surface area contributed by atoms with Gasteiger partial charge in [0.2, 0.25) is 5.84 Å². The van der Waals surface area contributed by atoms with Gasteiger partial charge in [0.1, 0.15) is 16.8 Å². The molecule has 27 heavy (non-hydrogen) atoms. The maximum absolute atomic E-state index is 15.0. The van der Waals surface area contributed by atoms with Gasteiger partial charge in [0, 0.05) is 11.8 Å². The number of nitrogens with zero attached hydrogens (tertiary/aromatic N) is 4. The predicted octanol–water partition coefficient (Wildman–Crippen LogP) is 2.01. The summed E-state index contributed by atoms with van der Waals surface area (Å²) >= 11 is 0. The van der Waals surface area contributed by atoms with Gasteiger partial charge in [-0.2, -0.15) is 19.0 Å². The molecule has 0 amide bonds. The lowest BCUT2D eigenvalue weighted by Gasteiger charge is -2.26. The van der Waals surface area contributed by atoms with Gasteiger partial charge in [-0.25, -0.2) is 5.84 Å². The minimum Gasteiger partial charge on any atom is -0.497 e. The van der Waals surface area contributed by atoms with E-state index in [9.17, 15) is 8.78 Å². The zero-order valence-electron chi connectivity index (χ0n) is 14.8. The largest absolute Gasteiger partial charge is 0.497 e. The third kappa shape index (κ3) is 3.51. The SMILES string of the molecule is COc1ccc(CN(N)/C(=N\N)C(F)(F)c2cnc3c(C)[nH]nc3c2)cc1. The Labute approximate surface area is 153 Å². The van der Waals surface area contributed by atoms with Crippen molar-refractivity contribution in [3.63, 3.8) is 0 Å². The Morgan fingerprint density at radius 3 is 2.67 bits per heavy atom. The Hall–Kier alpha value is -3.27. The van der Waals surface area contributed by atoms with Crippen molar-refractivity contribution < 1.29 is 13.5 Å². The van der Waals surface area contributed by atoms with Crippen LogP contribution in [0.2, 0.25) is 0 Å². The molecule has 0 saturated carbocycles. The van der Waals surface area contributed by atoms with Crippen LogP contribution < -0.4 is 16.4 Å². The molecule has 0 saturated heterocycles. The Kier molecular flexibility index (Phi) is 4.91. The van der Waals surface area contributed by atoms with Crippen molar-refractivity contribution in [1.82, 2.24) is 20.2 Å². The number of pyridine rings is 1. The van der Waals surface area contributed by atoms with Crippen molar-refractivity contribution in [3.8, 4) is 5.75 Å². The number of H-pyrrole nitrogens is 1. The van der Waals surface area contributed by atoms with Crippen molar-refractivity contribution in [2.75, 3.05) is 7.11 Å². The van der Waals surface area contributed by atoms with Crippen LogP contribution >= 0.6 is 0 Å². The number of halogens is 2. The number of methoxy groups -OCH3 is 1. The molecule has 0 fully saturated rings. The lowest BCUT2D eigenvalue weighted by Crippen LogP contribution is -2.46. The summed E-state index contributed by atoms with van der Waals surface area (Å²) in [5.41, 5.74) is 1.80. The van der Waals surface area contributed by atoms with Crippen LogP contribution in [0.15, 0.2) is 41.6 Å². The van der Waals surface area contributed by atoms with Crippen molar-refractivity contribution >= 4 is 16.9 Å². The third-order valence-corrected chi connectivity index (χ3v) is 4.12. The number of amidine groups is 1. The Bertz CT molecular complexity index is 969. The van der Waals surface area contributed by atoms with Crippen LogP contribution in [0.3, 0.4) is 0 Å². The van der Waals surface area contributed by atoms with Gasteiger partial charge in [-0.05, 0) is 30.7 Å². The fourth-order valence-corrected chi connectivity index (χ4v) is 2.66. The van der Waals surface area contributed by atoms with Crippen LogP contribution in [0.25, 0.3) is 11.0 Å². The van der Waals surface area contributed by atoms with Crippen LogP contribution in [-0.2, 0) is 12.5 Å². The number of rotatable bonds is 5. The van der Waals surface area contributed by atoms with E-state index in [1.165, 1.54) is 13.2 Å². The summed E-state index contributed by atoms with van der Waals surface area (Å²) in [5, 5.41) is 10.7. The highest BCUT2D eigenvalue weighted by Gasteiger charge is 2.42. The predicted molar refractivity (Wildman–Crippen MR) is 96.9 cm³/mol. The number of hydrogen-bond acceptors (Lipinski definition) is 6. The van der Waals surface area contributed by atoms with Crippen LogP contribution in [0.4, 0.5) is 8.78 Å². The van der Waals surface area contributed by atoms with Crippen LogP contribution in [-0.4, -0.2) is 33.1 Å². The number of hydrazone groups is 1. The molecule has 8 nitrogen and oxygen atoms in total. The van der Waals surface area contributed by atoms with Gasteiger partial charge in [0.05, 0.1) is 19.3 Å². The molecule has 3 aromatic rings. The van der Waals surface area contributed by atoms with Gasteiger partial charge >= 0.3 is 5.92 Å². The number of fused-ring (bicyclic) bond motifs is 1. The molecule has 1 aromatic carbocycles. The zero-order valence-corrected chi connectivity index (χ0v) is 14.8. The summed E-state index contributed by atoms with van der Waals surface area (Å²) in [6.07, 6.45) is 1.07. The summed E-state index contributed by atoms with van der Waals surface area (Å²) in [6.45, 7) is 1.73. The van der Waals surface area contributed by atoms with Gasteiger partial charge in [0.15, 0.2) is 0 Å². The first-order valence-corrected chi connectivity index (χ1v) is 7.99. The van der Waals surface area contributed by atoms with E-state index in [-0.39, 0.29) is 6.54 Å². The molecule has 2 aromatic heterocycles. The molecule has 142 valence electrons. The van der Waals surface area contributed by atoms with Crippen molar-refractivity contribution in [3.05, 3.63) is 53.3 Å². The molecular formula is C17H19F2N7O. The number of benzene rings is 1. The smallest absolute Gasteiger partial charge is 0.334 e. The van der Waals surface area contributed by atoms with E-state index in [0.29, 0.717) is 28.0 Å². The van der Waals surface area contributed by atoms with Crippen LogP contribution in [0.5, 0.6) is 5.75 Å². The summed E-state index contributed by atoms with van der Waals surface area (Å²) in [5.74, 6) is 7.39. The van der Waals surface area contributed by atoms with Crippen molar-refractivity contribution in [2.24, 2.45) is 16.8 Å². The first kappa shape index (κ1) is 18.5. The molecule has 2 heterocycles. The molecule has 0 aliphatic rings. The highest BCUT2D eigenvalue weighted by atomic mass is 19.3. The zero-order chi connectivity index (χ0) is 19.6. The summed E-state index contributed by atoms with van der Waals surface area (Å²) < 4.78 is 35.1. The van der Waals surface area contributed by atoms with Crippen LogP contribution in [0.1, 0.15) is 16.8 Å². The molecule has 10 heteroatoms. The Balaban J connectivity index is 1.86. The van der Waals surface area contributed by atoms with E-state index in [4.69, 9.17) is 16.4 Å². The first-order valence-electron chi connectivity index (χ1n) is 7.99. The molecular weight excluding hydrogens is 356 g/mol. The number of nitrogens with one attached hydrogen (secondary N) is 1. The number of nitrogens with two attached hydrogens (primary N) is 2. The second kappa shape index (κ2) is 7.16. The number of aryl methyl sites for hydroxylation is 1. The van der Waals surface area contributed by atoms with E-state index >= 15 is 0 Å². The normalized spacial score (nSPS) is 12.4. The summed E-state index contributed by atoms with van der Waals surface area (Å²) in [6, 6.07) is 8.07. The Morgan fingerprint density at radius 1 is 1.33 bits per heavy atom. The highest BCUT2D eigenvalue weighted by Crippen LogP contribution is 2.32. The molecule has 0 radical (unpaired) electrons. The van der Waals surface area contributed by atoms with E-state index in [1.807, 2.05) is 0 Å². The Morgan fingerprint density at radius 2 is 2.04 bits per heavy atom. The standard InChI is InChI=1S/C17H19F2N7O/c1-10-15-14(25-24-10)7-12(8-22-15)17(18,19)16(23-20)26(21)9-11-3-5-13(27-2)6-4-11/h3-8H,9,20-21H2,1-2H3,(H,24,25)/b23-16-.